The maximum absolute atomic E-state index is 12.2. The summed E-state index contributed by atoms with van der Waals surface area (Å²) >= 11 is 0. The lowest BCUT2D eigenvalue weighted by molar-refractivity contribution is 0.0963. The maximum atomic E-state index is 12.2. The second-order valence-corrected chi connectivity index (χ2v) is 10.1. The number of ether oxygens (including phenoxy) is 1. The molecule has 1 fully saturated rings. The third-order valence-corrected chi connectivity index (χ3v) is 7.14. The van der Waals surface area contributed by atoms with E-state index >= 15 is 0 Å². The Morgan fingerprint density at radius 3 is 2.28 bits per heavy atom. The monoisotopic (exact) mass is 591 g/mol. The number of carbonyl (C=O) groups excluding carboxylic acids is 1. The van der Waals surface area contributed by atoms with E-state index in [0.29, 0.717) is 61.4 Å². The second kappa shape index (κ2) is 19.6. The molecule has 1 aromatic carbocycles. The summed E-state index contributed by atoms with van der Waals surface area (Å²) in [4.78, 5) is 23.7. The quantitative estimate of drug-likeness (QED) is 0.134. The van der Waals surface area contributed by atoms with Crippen LogP contribution in [0.2, 0.25) is 0 Å². The molecular weight excluding hydrogens is 538 g/mol. The van der Waals surface area contributed by atoms with Crippen LogP contribution >= 0.6 is 0 Å². The molecule has 8 heteroatoms. The number of carbonyl (C=O) groups is 1. The van der Waals surface area contributed by atoms with Crippen molar-refractivity contribution in [1.82, 2.24) is 19.7 Å². The van der Waals surface area contributed by atoms with Gasteiger partial charge in [-0.15, -0.1) is 0 Å². The molecule has 0 amide bonds. The highest BCUT2D eigenvalue weighted by Crippen LogP contribution is 2.29. The molecule has 1 atom stereocenters. The molecule has 0 saturated carbocycles. The zero-order valence-corrected chi connectivity index (χ0v) is 27.7. The molecule has 0 spiro atoms. The van der Waals surface area contributed by atoms with Crippen LogP contribution in [0.5, 0.6) is 0 Å². The van der Waals surface area contributed by atoms with Gasteiger partial charge in [0.2, 0.25) is 0 Å². The molecule has 8 nitrogen and oxygen atoms in total. The van der Waals surface area contributed by atoms with Crippen molar-refractivity contribution in [2.24, 2.45) is 5.92 Å². The predicted octanol–water partition coefficient (Wildman–Crippen LogP) is 9.17. The molecule has 1 aliphatic rings. The van der Waals surface area contributed by atoms with Crippen LogP contribution in [0, 0.1) is 5.92 Å². The summed E-state index contributed by atoms with van der Waals surface area (Å²) in [6.07, 6.45) is 11.1. The van der Waals surface area contributed by atoms with Gasteiger partial charge in [-0.1, -0.05) is 118 Å². The largest absolute Gasteiger partial charge is 0.447 e. The summed E-state index contributed by atoms with van der Waals surface area (Å²) in [7, 11) is 0. The average Bonchev–Trinajstić information content (AvgIpc) is 3.75. The highest BCUT2D eigenvalue weighted by Gasteiger charge is 2.23. The SMILES string of the molecule is CC.CC.CCC(=O)c1cc2nc(-n3cc(-c4ccccc4)cn3)nc(N3CCOCC3)c2o1.CCCCCC(C)CC. The molecule has 0 bridgehead atoms. The van der Waals surface area contributed by atoms with Crippen LogP contribution in [0.1, 0.15) is 104 Å². The lowest BCUT2D eigenvalue weighted by Crippen LogP contribution is -2.37. The number of morpholine rings is 1. The van der Waals surface area contributed by atoms with Crippen molar-refractivity contribution in [3.63, 3.8) is 0 Å². The minimum atomic E-state index is -0.0621. The Morgan fingerprint density at radius 2 is 1.65 bits per heavy atom. The number of hydrogen-bond acceptors (Lipinski definition) is 7. The standard InChI is InChI=1S/C22H21N5O3.C9H20.2C2H6/c1-2-18(28)19-12-17-20(30-19)21(26-8-10-29-11-9-26)25-22(24-17)27-14-16(13-23-27)15-6-4-3-5-7-15;1-4-6-7-8-9(3)5-2;2*1-2/h3-7,12-14H,2,8-11H2,1H3;9H,4-8H2,1-3H3;2*1-2H3. The van der Waals surface area contributed by atoms with E-state index in [1.807, 2.05) is 71.1 Å². The van der Waals surface area contributed by atoms with Crippen molar-refractivity contribution in [3.05, 3.63) is 54.6 Å². The third kappa shape index (κ3) is 10.3. The van der Waals surface area contributed by atoms with Crippen molar-refractivity contribution >= 4 is 22.7 Å². The first-order valence-corrected chi connectivity index (χ1v) is 16.3. The van der Waals surface area contributed by atoms with Crippen molar-refractivity contribution in [1.29, 1.82) is 0 Å². The fourth-order valence-corrected chi connectivity index (χ4v) is 4.47. The maximum Gasteiger partial charge on any atom is 0.253 e. The van der Waals surface area contributed by atoms with E-state index in [1.165, 1.54) is 32.1 Å². The Morgan fingerprint density at radius 1 is 0.953 bits per heavy atom. The van der Waals surface area contributed by atoms with E-state index in [-0.39, 0.29) is 5.78 Å². The summed E-state index contributed by atoms with van der Waals surface area (Å²) in [6, 6.07) is 11.7. The van der Waals surface area contributed by atoms with Crippen LogP contribution in [0.15, 0.2) is 53.2 Å². The summed E-state index contributed by atoms with van der Waals surface area (Å²) in [5, 5.41) is 4.46. The molecule has 0 aliphatic carbocycles. The van der Waals surface area contributed by atoms with Gasteiger partial charge in [0.25, 0.3) is 5.95 Å². The molecule has 0 radical (unpaired) electrons. The topological polar surface area (TPSA) is 86.3 Å². The number of fused-ring (bicyclic) bond motifs is 1. The normalized spacial score (nSPS) is 13.2. The zero-order valence-electron chi connectivity index (χ0n) is 27.7. The van der Waals surface area contributed by atoms with Crippen LogP contribution in [0.3, 0.4) is 0 Å². The third-order valence-electron chi connectivity index (χ3n) is 7.14. The fraction of sp³-hybridized carbons (Fsp3) is 0.543. The van der Waals surface area contributed by atoms with Gasteiger partial charge in [-0.05, 0) is 11.5 Å². The minimum absolute atomic E-state index is 0.0621. The summed E-state index contributed by atoms with van der Waals surface area (Å²) in [6.45, 7) is 19.3. The van der Waals surface area contributed by atoms with Gasteiger partial charge >= 0.3 is 0 Å². The average molecular weight is 592 g/mol. The highest BCUT2D eigenvalue weighted by molar-refractivity contribution is 5.98. The van der Waals surface area contributed by atoms with E-state index in [0.717, 1.165) is 17.0 Å². The van der Waals surface area contributed by atoms with Crippen molar-refractivity contribution in [2.75, 3.05) is 31.2 Å². The molecule has 1 saturated heterocycles. The van der Waals surface area contributed by atoms with Crippen LogP contribution in [0.25, 0.3) is 28.2 Å². The first-order valence-electron chi connectivity index (χ1n) is 16.3. The van der Waals surface area contributed by atoms with E-state index in [1.54, 1.807) is 16.9 Å². The van der Waals surface area contributed by atoms with Gasteiger partial charge < -0.3 is 14.1 Å². The molecule has 1 unspecified atom stereocenters. The number of anilines is 1. The molecule has 3 aromatic heterocycles. The number of furan rings is 1. The van der Waals surface area contributed by atoms with Gasteiger partial charge in [-0.2, -0.15) is 10.1 Å². The summed E-state index contributed by atoms with van der Waals surface area (Å²) < 4.78 is 13.0. The van der Waals surface area contributed by atoms with Gasteiger partial charge in [0.1, 0.15) is 5.52 Å². The van der Waals surface area contributed by atoms with Crippen LogP contribution in [0.4, 0.5) is 5.82 Å². The van der Waals surface area contributed by atoms with E-state index in [9.17, 15) is 4.79 Å². The van der Waals surface area contributed by atoms with Crippen molar-refractivity contribution in [3.8, 4) is 17.1 Å². The molecule has 4 aromatic rings. The molecule has 5 rings (SSSR count). The summed E-state index contributed by atoms with van der Waals surface area (Å²) in [5.74, 6) is 2.29. The molecule has 43 heavy (non-hydrogen) atoms. The Hall–Kier alpha value is -3.52. The number of rotatable bonds is 10. The number of Topliss-reactive ketones (excluding diaryl/α,β-unsaturated/α-hetero) is 1. The number of hydrogen-bond donors (Lipinski definition) is 0. The molecule has 1 aliphatic heterocycles. The van der Waals surface area contributed by atoms with E-state index in [2.05, 4.69) is 35.8 Å². The zero-order chi connectivity index (χ0) is 31.6. The number of unbranched alkanes of at least 4 members (excludes halogenated alkanes) is 2. The predicted molar refractivity (Wildman–Crippen MR) is 178 cm³/mol. The Bertz CT molecular complexity index is 1330. The van der Waals surface area contributed by atoms with Crippen LogP contribution < -0.4 is 4.90 Å². The lowest BCUT2D eigenvalue weighted by Gasteiger charge is -2.27. The number of ketones is 1. The van der Waals surface area contributed by atoms with Gasteiger partial charge in [0.05, 0.1) is 19.4 Å². The summed E-state index contributed by atoms with van der Waals surface area (Å²) in [5.41, 5.74) is 3.15. The Balaban J connectivity index is 0.000000425. The van der Waals surface area contributed by atoms with Gasteiger partial charge in [0.15, 0.2) is 22.9 Å². The Kier molecular flexibility index (Phi) is 16.3. The van der Waals surface area contributed by atoms with E-state index in [4.69, 9.17) is 14.1 Å². The lowest BCUT2D eigenvalue weighted by atomic mass is 10.0. The smallest absolute Gasteiger partial charge is 0.253 e. The molecular formula is C35H53N5O3. The first-order chi connectivity index (χ1) is 21.0. The fourth-order valence-electron chi connectivity index (χ4n) is 4.47. The van der Waals surface area contributed by atoms with E-state index < -0.39 is 0 Å². The first kappa shape index (κ1) is 35.7. The van der Waals surface area contributed by atoms with Crippen molar-refractivity contribution < 1.29 is 13.9 Å². The second-order valence-electron chi connectivity index (χ2n) is 10.1. The van der Waals surface area contributed by atoms with Crippen LogP contribution in [-0.2, 0) is 4.74 Å². The number of aromatic nitrogens is 4. The molecule has 4 heterocycles. The Labute approximate surface area is 258 Å². The highest BCUT2D eigenvalue weighted by atomic mass is 16.5. The van der Waals surface area contributed by atoms with Gasteiger partial charge in [0, 0.05) is 37.3 Å². The number of nitrogens with zero attached hydrogens (tertiary/aromatic N) is 5. The van der Waals surface area contributed by atoms with Crippen LogP contribution in [-0.4, -0.2) is 51.8 Å². The van der Waals surface area contributed by atoms with Gasteiger partial charge in [-0.25, -0.2) is 9.67 Å². The molecule has 0 N–H and O–H groups in total. The molecule has 236 valence electrons. The van der Waals surface area contributed by atoms with Gasteiger partial charge in [-0.3, -0.25) is 4.79 Å². The van der Waals surface area contributed by atoms with Crippen molar-refractivity contribution in [2.45, 2.75) is 93.9 Å². The minimum Gasteiger partial charge on any atom is -0.447 e. The number of benzene rings is 1.